The maximum atomic E-state index is 13.5. The summed E-state index contributed by atoms with van der Waals surface area (Å²) in [5.41, 5.74) is 1.76. The van der Waals surface area contributed by atoms with Crippen molar-refractivity contribution in [3.05, 3.63) is 70.9 Å². The van der Waals surface area contributed by atoms with Crippen LogP contribution in [0.4, 0.5) is 4.39 Å². The van der Waals surface area contributed by atoms with Gasteiger partial charge in [0, 0.05) is 11.6 Å². The van der Waals surface area contributed by atoms with Crippen LogP contribution in [0.3, 0.4) is 0 Å². The first-order valence-corrected chi connectivity index (χ1v) is 6.48. The maximum Gasteiger partial charge on any atom is 0.280 e. The van der Waals surface area contributed by atoms with Gasteiger partial charge in [0.25, 0.3) is 5.56 Å². The minimum Gasteiger partial charge on any atom is -0.290 e. The lowest BCUT2D eigenvalue weighted by Crippen LogP contribution is -2.13. The molecule has 21 heavy (non-hydrogen) atoms. The van der Waals surface area contributed by atoms with Gasteiger partial charge in [-0.05, 0) is 30.3 Å². The van der Waals surface area contributed by atoms with Gasteiger partial charge in [0.1, 0.15) is 5.82 Å². The number of hydrogen-bond donors (Lipinski definition) is 1. The van der Waals surface area contributed by atoms with Crippen LogP contribution in [0.15, 0.2) is 59.5 Å². The van der Waals surface area contributed by atoms with E-state index in [1.54, 1.807) is 6.07 Å². The minimum atomic E-state index is -0.356. The van der Waals surface area contributed by atoms with Crippen LogP contribution in [-0.2, 0) is 0 Å². The Balaban J connectivity index is 2.13. The van der Waals surface area contributed by atoms with Crippen LogP contribution in [-0.4, -0.2) is 14.8 Å². The number of nitrogens with zero attached hydrogens (tertiary/aromatic N) is 2. The number of nitrogens with one attached hydrogen (secondary N) is 1. The number of H-pyrrole nitrogens is 1. The molecule has 0 atom stereocenters. The van der Waals surface area contributed by atoms with Crippen molar-refractivity contribution in [2.24, 2.45) is 0 Å². The lowest BCUT2D eigenvalue weighted by atomic mass is 10.2. The van der Waals surface area contributed by atoms with Crippen LogP contribution in [0.5, 0.6) is 0 Å². The Morgan fingerprint density at radius 1 is 1.05 bits per heavy atom. The van der Waals surface area contributed by atoms with Gasteiger partial charge in [-0.15, -0.1) is 0 Å². The Kier molecular flexibility index (Phi) is 2.41. The van der Waals surface area contributed by atoms with Crippen molar-refractivity contribution in [2.45, 2.75) is 0 Å². The standard InChI is InChI=1S/C16H10FN3O/c17-10-6-7-14-12(8-10)15-13(9-18-14)16(21)20(19-15)11-4-2-1-3-5-11/h1-9,19H. The van der Waals surface area contributed by atoms with Gasteiger partial charge in [0.2, 0.25) is 0 Å². The van der Waals surface area contributed by atoms with E-state index in [0.29, 0.717) is 21.8 Å². The number of para-hydroxylation sites is 1. The molecule has 4 aromatic rings. The van der Waals surface area contributed by atoms with Crippen molar-refractivity contribution in [1.82, 2.24) is 14.8 Å². The van der Waals surface area contributed by atoms with Crippen molar-refractivity contribution >= 4 is 21.8 Å². The summed E-state index contributed by atoms with van der Waals surface area (Å²) >= 11 is 0. The summed E-state index contributed by atoms with van der Waals surface area (Å²) in [5.74, 6) is -0.356. The first kappa shape index (κ1) is 11.8. The molecule has 2 aromatic carbocycles. The van der Waals surface area contributed by atoms with Crippen LogP contribution in [0.2, 0.25) is 0 Å². The normalized spacial score (nSPS) is 11.3. The average molecular weight is 279 g/mol. The van der Waals surface area contributed by atoms with E-state index in [9.17, 15) is 9.18 Å². The van der Waals surface area contributed by atoms with Crippen LogP contribution in [0, 0.1) is 5.82 Å². The highest BCUT2D eigenvalue weighted by Gasteiger charge is 2.12. The zero-order chi connectivity index (χ0) is 14.4. The van der Waals surface area contributed by atoms with Crippen molar-refractivity contribution in [3.63, 3.8) is 0 Å². The van der Waals surface area contributed by atoms with E-state index in [0.717, 1.165) is 5.69 Å². The van der Waals surface area contributed by atoms with Crippen molar-refractivity contribution in [2.75, 3.05) is 0 Å². The molecular weight excluding hydrogens is 269 g/mol. The van der Waals surface area contributed by atoms with Crippen LogP contribution in [0.1, 0.15) is 0 Å². The Hall–Kier alpha value is -2.95. The number of pyridine rings is 1. The molecule has 1 N–H and O–H groups in total. The third kappa shape index (κ3) is 1.74. The van der Waals surface area contributed by atoms with Crippen molar-refractivity contribution < 1.29 is 4.39 Å². The third-order valence-electron chi connectivity index (χ3n) is 3.50. The van der Waals surface area contributed by atoms with Gasteiger partial charge in [0.15, 0.2) is 0 Å². The first-order valence-electron chi connectivity index (χ1n) is 6.48. The summed E-state index contributed by atoms with van der Waals surface area (Å²) in [6.45, 7) is 0. The van der Waals surface area contributed by atoms with Gasteiger partial charge >= 0.3 is 0 Å². The molecule has 102 valence electrons. The highest BCUT2D eigenvalue weighted by Crippen LogP contribution is 2.21. The number of aromatic nitrogens is 3. The summed E-state index contributed by atoms with van der Waals surface area (Å²) < 4.78 is 14.9. The Morgan fingerprint density at radius 3 is 2.67 bits per heavy atom. The molecule has 0 amide bonds. The molecule has 0 aliphatic rings. The molecule has 0 aliphatic heterocycles. The van der Waals surface area contributed by atoms with Crippen molar-refractivity contribution in [3.8, 4) is 5.69 Å². The zero-order valence-electron chi connectivity index (χ0n) is 10.9. The molecule has 0 fully saturated rings. The predicted octanol–water partition coefficient (Wildman–Crippen LogP) is 3.01. The average Bonchev–Trinajstić information content (AvgIpc) is 2.86. The number of fused-ring (bicyclic) bond motifs is 3. The SMILES string of the molecule is O=c1c2cnc3ccc(F)cc3c2[nH]n1-c1ccccc1. The molecule has 2 aromatic heterocycles. The second-order valence-electron chi connectivity index (χ2n) is 4.80. The van der Waals surface area contributed by atoms with Gasteiger partial charge in [-0.25, -0.2) is 9.07 Å². The van der Waals surface area contributed by atoms with E-state index < -0.39 is 0 Å². The van der Waals surface area contributed by atoms with Crippen LogP contribution < -0.4 is 5.56 Å². The third-order valence-corrected chi connectivity index (χ3v) is 3.50. The van der Waals surface area contributed by atoms with Gasteiger partial charge < -0.3 is 0 Å². The molecule has 0 radical (unpaired) electrons. The summed E-state index contributed by atoms with van der Waals surface area (Å²) in [6, 6.07) is 13.6. The molecule has 0 saturated carbocycles. The van der Waals surface area contributed by atoms with E-state index in [1.807, 2.05) is 30.3 Å². The Labute approximate surface area is 118 Å². The second-order valence-corrected chi connectivity index (χ2v) is 4.80. The molecule has 5 heteroatoms. The lowest BCUT2D eigenvalue weighted by Gasteiger charge is -2.00. The molecule has 0 unspecified atom stereocenters. The van der Waals surface area contributed by atoms with Gasteiger partial charge in [-0.3, -0.25) is 14.9 Å². The number of halogens is 1. The smallest absolute Gasteiger partial charge is 0.280 e. The Morgan fingerprint density at radius 2 is 1.86 bits per heavy atom. The van der Waals surface area contributed by atoms with Gasteiger partial charge in [-0.2, -0.15) is 0 Å². The molecule has 0 spiro atoms. The summed E-state index contributed by atoms with van der Waals surface area (Å²) in [5, 5.41) is 4.09. The van der Waals surface area contributed by atoms with E-state index in [1.165, 1.54) is 23.0 Å². The molecule has 4 rings (SSSR count). The van der Waals surface area contributed by atoms with Gasteiger partial charge in [-0.1, -0.05) is 18.2 Å². The molecule has 2 heterocycles. The number of aromatic amines is 1. The minimum absolute atomic E-state index is 0.199. The van der Waals surface area contributed by atoms with Crippen molar-refractivity contribution in [1.29, 1.82) is 0 Å². The van der Waals surface area contributed by atoms with Crippen LogP contribution >= 0.6 is 0 Å². The topological polar surface area (TPSA) is 50.7 Å². The van der Waals surface area contributed by atoms with E-state index in [2.05, 4.69) is 10.1 Å². The van der Waals surface area contributed by atoms with E-state index in [-0.39, 0.29) is 11.4 Å². The molecule has 0 saturated heterocycles. The fraction of sp³-hybridized carbons (Fsp3) is 0. The highest BCUT2D eigenvalue weighted by molar-refractivity contribution is 6.02. The molecule has 0 bridgehead atoms. The first-order chi connectivity index (χ1) is 10.2. The lowest BCUT2D eigenvalue weighted by molar-refractivity contribution is 0.629. The second kappa shape index (κ2) is 4.28. The molecule has 0 aliphatic carbocycles. The predicted molar refractivity (Wildman–Crippen MR) is 79.2 cm³/mol. The van der Waals surface area contributed by atoms with E-state index in [4.69, 9.17) is 0 Å². The number of benzene rings is 2. The Bertz CT molecular complexity index is 1020. The fourth-order valence-electron chi connectivity index (χ4n) is 2.49. The molecule has 4 nitrogen and oxygen atoms in total. The number of rotatable bonds is 1. The van der Waals surface area contributed by atoms with Gasteiger partial charge in [0.05, 0.1) is 22.1 Å². The zero-order valence-corrected chi connectivity index (χ0v) is 10.9. The quantitative estimate of drug-likeness (QED) is 0.582. The van der Waals surface area contributed by atoms with E-state index >= 15 is 0 Å². The number of hydrogen-bond acceptors (Lipinski definition) is 2. The van der Waals surface area contributed by atoms with Crippen LogP contribution in [0.25, 0.3) is 27.5 Å². The highest BCUT2D eigenvalue weighted by atomic mass is 19.1. The maximum absolute atomic E-state index is 13.5. The summed E-state index contributed by atoms with van der Waals surface area (Å²) in [4.78, 5) is 16.7. The summed E-state index contributed by atoms with van der Waals surface area (Å²) in [7, 11) is 0. The summed E-state index contributed by atoms with van der Waals surface area (Å²) in [6.07, 6.45) is 1.52. The largest absolute Gasteiger partial charge is 0.290 e. The molecular formula is C16H10FN3O. The fourth-order valence-corrected chi connectivity index (χ4v) is 2.49. The monoisotopic (exact) mass is 279 g/mol.